The first-order valence-corrected chi connectivity index (χ1v) is 14.0. The van der Waals surface area contributed by atoms with E-state index in [2.05, 4.69) is 16.2 Å². The molecule has 0 saturated heterocycles. The molecule has 1 N–H and O–H groups in total. The van der Waals surface area contributed by atoms with E-state index < -0.39 is 15.6 Å². The molecule has 0 aliphatic heterocycles. The molecule has 0 atom stereocenters. The van der Waals surface area contributed by atoms with Crippen LogP contribution >= 0.6 is 0 Å². The van der Waals surface area contributed by atoms with Crippen molar-refractivity contribution in [2.45, 2.75) is 45.9 Å². The number of Topliss-reactive ketones (excluding diaryl/α,β-unsaturated/α-hetero) is 1. The molecule has 2 rings (SSSR count). The monoisotopic (exact) mass is 542 g/mol. The number of ketones is 1. The number of hydrogen-bond acceptors (Lipinski definition) is 7. The fourth-order valence-electron chi connectivity index (χ4n) is 3.46. The Morgan fingerprint density at radius 3 is 2.24 bits per heavy atom. The van der Waals surface area contributed by atoms with Crippen molar-refractivity contribution in [1.29, 1.82) is 0 Å². The van der Waals surface area contributed by atoms with Gasteiger partial charge in [-0.2, -0.15) is 0 Å². The van der Waals surface area contributed by atoms with E-state index in [0.717, 1.165) is 5.56 Å². The number of aromatic nitrogens is 1. The van der Waals surface area contributed by atoms with Crippen LogP contribution in [-0.2, 0) is 19.3 Å². The number of benzene rings is 1. The number of nitrogens with zero attached hydrogens (tertiary/aromatic N) is 1. The molecule has 0 fully saturated rings. The van der Waals surface area contributed by atoms with Crippen LogP contribution in [-0.4, -0.2) is 63.8 Å². The minimum atomic E-state index is -3.60. The summed E-state index contributed by atoms with van der Waals surface area (Å²) in [5.41, 5.74) is 0.808. The minimum absolute atomic E-state index is 0.175. The first kappa shape index (κ1) is 31.2. The maximum absolute atomic E-state index is 12.7. The van der Waals surface area contributed by atoms with Gasteiger partial charge in [-0.3, -0.25) is 14.6 Å². The van der Waals surface area contributed by atoms with Crippen LogP contribution in [0.3, 0.4) is 0 Å². The second kappa shape index (κ2) is 13.7. The third-order valence-corrected chi connectivity index (χ3v) is 7.42. The SMILES string of the molecule is C#CCOCC(C)(C)COCC(C)(C)CNC(=O)c1cncc(C(=O)CCS(=O)(=O)c2ccc(C)cc2)c1. The molecule has 0 saturated carbocycles. The Kier molecular flexibility index (Phi) is 11.2. The van der Waals surface area contributed by atoms with Crippen LogP contribution in [0.5, 0.6) is 0 Å². The molecule has 9 heteroatoms. The fraction of sp³-hybridized carbons (Fsp3) is 0.483. The van der Waals surface area contributed by atoms with Gasteiger partial charge in [0.05, 0.1) is 36.0 Å². The second-order valence-electron chi connectivity index (χ2n) is 11.0. The Morgan fingerprint density at radius 2 is 1.58 bits per heavy atom. The van der Waals surface area contributed by atoms with E-state index in [1.807, 2.05) is 34.6 Å². The summed E-state index contributed by atoms with van der Waals surface area (Å²) in [6.07, 6.45) is 7.71. The van der Waals surface area contributed by atoms with Gasteiger partial charge in [0.15, 0.2) is 15.6 Å². The van der Waals surface area contributed by atoms with Crippen molar-refractivity contribution >= 4 is 21.5 Å². The number of carbonyl (C=O) groups is 2. The van der Waals surface area contributed by atoms with Gasteiger partial charge in [-0.25, -0.2) is 8.42 Å². The average Bonchev–Trinajstić information content (AvgIpc) is 2.86. The summed E-state index contributed by atoms with van der Waals surface area (Å²) in [4.78, 5) is 29.6. The lowest BCUT2D eigenvalue weighted by Gasteiger charge is -2.29. The van der Waals surface area contributed by atoms with Gasteiger partial charge in [-0.1, -0.05) is 51.3 Å². The van der Waals surface area contributed by atoms with E-state index in [-0.39, 0.29) is 51.5 Å². The molecule has 0 unspecified atom stereocenters. The predicted octanol–water partition coefficient (Wildman–Crippen LogP) is 3.89. The molecule has 0 aliphatic carbocycles. The molecule has 1 aromatic carbocycles. The average molecular weight is 543 g/mol. The first-order chi connectivity index (χ1) is 17.7. The quantitative estimate of drug-likeness (QED) is 0.206. The zero-order valence-electron chi connectivity index (χ0n) is 22.9. The van der Waals surface area contributed by atoms with Gasteiger partial charge in [0.1, 0.15) is 6.61 Å². The van der Waals surface area contributed by atoms with Crippen LogP contribution in [0.4, 0.5) is 0 Å². The van der Waals surface area contributed by atoms with Crippen molar-refractivity contribution in [1.82, 2.24) is 10.3 Å². The molecule has 1 amide bonds. The van der Waals surface area contributed by atoms with Crippen LogP contribution in [0.15, 0.2) is 47.6 Å². The van der Waals surface area contributed by atoms with Gasteiger partial charge < -0.3 is 14.8 Å². The smallest absolute Gasteiger partial charge is 0.252 e. The maximum Gasteiger partial charge on any atom is 0.252 e. The molecule has 206 valence electrons. The van der Waals surface area contributed by atoms with E-state index >= 15 is 0 Å². The lowest BCUT2D eigenvalue weighted by molar-refractivity contribution is -0.0191. The van der Waals surface area contributed by atoms with E-state index in [9.17, 15) is 18.0 Å². The van der Waals surface area contributed by atoms with Gasteiger partial charge in [0.25, 0.3) is 5.91 Å². The van der Waals surface area contributed by atoms with Crippen molar-refractivity contribution in [2.24, 2.45) is 10.8 Å². The normalized spacial score (nSPS) is 12.1. The van der Waals surface area contributed by atoms with Gasteiger partial charge in [0, 0.05) is 41.8 Å². The highest BCUT2D eigenvalue weighted by Gasteiger charge is 2.24. The lowest BCUT2D eigenvalue weighted by atomic mass is 9.93. The van der Waals surface area contributed by atoms with Crippen molar-refractivity contribution in [3.05, 3.63) is 59.4 Å². The van der Waals surface area contributed by atoms with Gasteiger partial charge in [0.2, 0.25) is 0 Å². The van der Waals surface area contributed by atoms with Crippen LogP contribution in [0.1, 0.15) is 60.4 Å². The number of sulfone groups is 1. The van der Waals surface area contributed by atoms with E-state index in [1.165, 1.54) is 30.6 Å². The molecule has 0 aliphatic rings. The summed E-state index contributed by atoms with van der Waals surface area (Å²) in [6, 6.07) is 7.93. The second-order valence-corrected chi connectivity index (χ2v) is 13.1. The van der Waals surface area contributed by atoms with E-state index in [0.29, 0.717) is 26.4 Å². The number of rotatable bonds is 15. The van der Waals surface area contributed by atoms with Crippen molar-refractivity contribution < 1.29 is 27.5 Å². The third kappa shape index (κ3) is 10.4. The highest BCUT2D eigenvalue weighted by molar-refractivity contribution is 7.91. The zero-order chi connectivity index (χ0) is 28.4. The summed E-state index contributed by atoms with van der Waals surface area (Å²) < 4.78 is 36.4. The van der Waals surface area contributed by atoms with Crippen molar-refractivity contribution in [3.63, 3.8) is 0 Å². The predicted molar refractivity (Wildman–Crippen MR) is 147 cm³/mol. The minimum Gasteiger partial charge on any atom is -0.380 e. The number of terminal acetylenes is 1. The summed E-state index contributed by atoms with van der Waals surface area (Å²) in [7, 11) is -3.60. The summed E-state index contributed by atoms with van der Waals surface area (Å²) >= 11 is 0. The standard InChI is InChI=1S/C29H38N2O6S/c1-7-13-36-20-29(5,6)21-37-19-28(3,4)18-31-27(33)24-15-23(16-30-17-24)26(32)12-14-38(34,35)25-10-8-22(2)9-11-25/h1,8-11,15-17H,12-14,18-21H2,2-6H3,(H,31,33). The maximum atomic E-state index is 12.7. The Hall–Kier alpha value is -3.06. The van der Waals surface area contributed by atoms with Crippen LogP contribution in [0, 0.1) is 30.1 Å². The van der Waals surface area contributed by atoms with Crippen molar-refractivity contribution in [3.8, 4) is 12.3 Å². The number of ether oxygens (including phenoxy) is 2. The Bertz CT molecular complexity index is 1240. The highest BCUT2D eigenvalue weighted by Crippen LogP contribution is 2.20. The number of amides is 1. The molecule has 0 spiro atoms. The number of hydrogen-bond donors (Lipinski definition) is 1. The van der Waals surface area contributed by atoms with Crippen molar-refractivity contribution in [2.75, 3.05) is 38.7 Å². The van der Waals surface area contributed by atoms with Crippen LogP contribution < -0.4 is 5.32 Å². The molecule has 2 aromatic rings. The molecule has 0 bridgehead atoms. The van der Waals surface area contributed by atoms with E-state index in [4.69, 9.17) is 15.9 Å². The highest BCUT2D eigenvalue weighted by atomic mass is 32.2. The fourth-order valence-corrected chi connectivity index (χ4v) is 4.70. The Balaban J connectivity index is 1.88. The van der Waals surface area contributed by atoms with Gasteiger partial charge in [-0.05, 0) is 25.1 Å². The molecule has 0 radical (unpaired) electrons. The Morgan fingerprint density at radius 1 is 0.974 bits per heavy atom. The van der Waals surface area contributed by atoms with Gasteiger partial charge >= 0.3 is 0 Å². The molecule has 1 heterocycles. The molecule has 38 heavy (non-hydrogen) atoms. The Labute approximate surface area is 226 Å². The molecular formula is C29H38N2O6S. The topological polar surface area (TPSA) is 112 Å². The largest absolute Gasteiger partial charge is 0.380 e. The zero-order valence-corrected chi connectivity index (χ0v) is 23.7. The number of carbonyl (C=O) groups excluding carboxylic acids is 2. The van der Waals surface area contributed by atoms with E-state index in [1.54, 1.807) is 12.1 Å². The van der Waals surface area contributed by atoms with Crippen LogP contribution in [0.2, 0.25) is 0 Å². The summed E-state index contributed by atoms with van der Waals surface area (Å²) in [5, 5.41) is 2.86. The molecular weight excluding hydrogens is 504 g/mol. The third-order valence-electron chi connectivity index (χ3n) is 5.69. The lowest BCUT2D eigenvalue weighted by Crippen LogP contribution is -2.38. The number of aryl methyl sites for hydroxylation is 1. The molecule has 8 nitrogen and oxygen atoms in total. The van der Waals surface area contributed by atoms with Gasteiger partial charge in [-0.15, -0.1) is 6.42 Å². The molecule has 1 aromatic heterocycles. The summed E-state index contributed by atoms with van der Waals surface area (Å²) in [5.74, 6) is 1.34. The van der Waals surface area contributed by atoms with Crippen LogP contribution in [0.25, 0.3) is 0 Å². The summed E-state index contributed by atoms with van der Waals surface area (Å²) in [6.45, 7) is 11.8. The first-order valence-electron chi connectivity index (χ1n) is 12.4. The number of pyridine rings is 1. The number of nitrogens with one attached hydrogen (secondary N) is 1.